The zero-order chi connectivity index (χ0) is 18.2. The first kappa shape index (κ1) is 17.7. The van der Waals surface area contributed by atoms with Crippen molar-refractivity contribution < 1.29 is 13.2 Å². The zero-order valence-corrected chi connectivity index (χ0v) is 15.1. The molecule has 1 aliphatic rings. The molecule has 1 aliphatic heterocycles. The Morgan fingerprint density at radius 2 is 1.72 bits per heavy atom. The number of likely N-dealkylation sites (N-methyl/N-ethyl adjacent to an activating group) is 1. The van der Waals surface area contributed by atoms with Crippen molar-refractivity contribution in [3.8, 4) is 0 Å². The van der Waals surface area contributed by atoms with Gasteiger partial charge in [0.2, 0.25) is 15.9 Å². The monoisotopic (exact) mass is 376 g/mol. The van der Waals surface area contributed by atoms with Gasteiger partial charge in [-0.3, -0.25) is 4.79 Å². The predicted octanol–water partition coefficient (Wildman–Crippen LogP) is 2.63. The minimum atomic E-state index is -3.73. The number of hydrogen-bond donors (Lipinski definition) is 1. The number of amides is 1. The highest BCUT2D eigenvalue weighted by Gasteiger charge is 2.33. The lowest BCUT2D eigenvalue weighted by Crippen LogP contribution is -2.19. The molecule has 25 heavy (non-hydrogen) atoms. The molecule has 3 rings (SSSR count). The van der Waals surface area contributed by atoms with Crippen LogP contribution in [0.15, 0.2) is 59.0 Å². The minimum absolute atomic E-state index is 0.0405. The van der Waals surface area contributed by atoms with Gasteiger partial charge in [-0.1, -0.05) is 35.9 Å². The van der Waals surface area contributed by atoms with Gasteiger partial charge in [-0.2, -0.15) is 0 Å². The number of likely N-dealkylation sites (tertiary alicyclic amines) is 1. The molecule has 0 aromatic heterocycles. The normalized spacial score (nSPS) is 19.6. The summed E-state index contributed by atoms with van der Waals surface area (Å²) in [5.74, 6) is -0.108. The van der Waals surface area contributed by atoms with Crippen molar-refractivity contribution in [2.75, 3.05) is 13.6 Å². The van der Waals surface area contributed by atoms with E-state index in [-0.39, 0.29) is 16.7 Å². The van der Waals surface area contributed by atoms with Gasteiger partial charge >= 0.3 is 0 Å². The molecule has 2 aromatic rings. The number of primary sulfonamides is 1. The quantitative estimate of drug-likeness (QED) is 0.836. The van der Waals surface area contributed by atoms with Gasteiger partial charge < -0.3 is 4.90 Å². The van der Waals surface area contributed by atoms with Crippen LogP contribution in [0.1, 0.15) is 17.0 Å². The van der Waals surface area contributed by atoms with E-state index in [1.807, 2.05) is 12.1 Å². The van der Waals surface area contributed by atoms with E-state index in [1.165, 1.54) is 12.1 Å². The molecular weight excluding hydrogens is 360 g/mol. The van der Waals surface area contributed by atoms with Gasteiger partial charge in [0.1, 0.15) is 0 Å². The van der Waals surface area contributed by atoms with Crippen molar-refractivity contribution in [3.05, 3.63) is 70.3 Å². The van der Waals surface area contributed by atoms with Crippen LogP contribution in [-0.4, -0.2) is 32.8 Å². The second-order valence-electron chi connectivity index (χ2n) is 6.00. The Hall–Kier alpha value is -2.15. The highest BCUT2D eigenvalue weighted by molar-refractivity contribution is 7.89. The Labute approximate surface area is 151 Å². The smallest absolute Gasteiger partial charge is 0.250 e. The fourth-order valence-electron chi connectivity index (χ4n) is 2.90. The number of carbonyl (C=O) groups excluding carboxylic acids is 1. The van der Waals surface area contributed by atoms with Crippen LogP contribution in [0.4, 0.5) is 0 Å². The van der Waals surface area contributed by atoms with E-state index in [0.717, 1.165) is 11.1 Å². The standard InChI is InChI=1S/C18H17ClN2O3S/c1-21-11-17(13-4-6-14(19)7-5-13)16(18(21)22)10-12-2-8-15(9-3-12)25(20,23)24/h2-10,17H,11H2,1H3,(H2,20,23,24)/b16-10-. The van der Waals surface area contributed by atoms with Crippen LogP contribution in [0.25, 0.3) is 6.08 Å². The summed E-state index contributed by atoms with van der Waals surface area (Å²) in [7, 11) is -1.97. The van der Waals surface area contributed by atoms with E-state index >= 15 is 0 Å². The Kier molecular flexibility index (Phi) is 4.69. The number of benzene rings is 2. The largest absolute Gasteiger partial charge is 0.341 e. The predicted molar refractivity (Wildman–Crippen MR) is 97.6 cm³/mol. The van der Waals surface area contributed by atoms with E-state index in [9.17, 15) is 13.2 Å². The first-order valence-electron chi connectivity index (χ1n) is 7.61. The molecule has 0 saturated carbocycles. The van der Waals surface area contributed by atoms with Gasteiger partial charge in [0.05, 0.1) is 4.90 Å². The lowest BCUT2D eigenvalue weighted by atomic mass is 9.92. The first-order valence-corrected chi connectivity index (χ1v) is 9.53. The van der Waals surface area contributed by atoms with Gasteiger partial charge in [-0.05, 0) is 41.5 Å². The molecule has 0 spiro atoms. The summed E-state index contributed by atoms with van der Waals surface area (Å²) in [5.41, 5.74) is 2.41. The molecule has 0 aliphatic carbocycles. The van der Waals surface area contributed by atoms with E-state index < -0.39 is 10.0 Å². The minimum Gasteiger partial charge on any atom is -0.341 e. The average Bonchev–Trinajstić information content (AvgIpc) is 2.84. The van der Waals surface area contributed by atoms with Crippen LogP contribution in [-0.2, 0) is 14.8 Å². The molecule has 1 saturated heterocycles. The SMILES string of the molecule is CN1CC(c2ccc(Cl)cc2)/C(=C/c2ccc(S(N)(=O)=O)cc2)C1=O. The number of sulfonamides is 1. The highest BCUT2D eigenvalue weighted by Crippen LogP contribution is 2.34. The third-order valence-corrected chi connectivity index (χ3v) is 5.41. The highest BCUT2D eigenvalue weighted by atomic mass is 35.5. The van der Waals surface area contributed by atoms with Crippen molar-refractivity contribution in [2.45, 2.75) is 10.8 Å². The van der Waals surface area contributed by atoms with Gasteiger partial charge in [0, 0.05) is 30.1 Å². The number of nitrogens with zero attached hydrogens (tertiary/aromatic N) is 1. The molecule has 1 heterocycles. The maximum Gasteiger partial charge on any atom is 0.250 e. The fraction of sp³-hybridized carbons (Fsp3) is 0.167. The Balaban J connectivity index is 1.98. The molecule has 7 heteroatoms. The summed E-state index contributed by atoms with van der Waals surface area (Å²) in [5, 5.41) is 5.75. The summed E-state index contributed by atoms with van der Waals surface area (Å²) in [6.07, 6.45) is 1.79. The Bertz CT molecular complexity index is 935. The molecule has 2 aromatic carbocycles. The van der Waals surface area contributed by atoms with E-state index in [1.54, 1.807) is 42.3 Å². The van der Waals surface area contributed by atoms with Crippen LogP contribution in [0.5, 0.6) is 0 Å². The first-order chi connectivity index (χ1) is 11.8. The molecule has 0 bridgehead atoms. The molecular formula is C18H17ClN2O3S. The van der Waals surface area contributed by atoms with Crippen molar-refractivity contribution in [1.82, 2.24) is 4.90 Å². The molecule has 1 amide bonds. The summed E-state index contributed by atoms with van der Waals surface area (Å²) in [6, 6.07) is 13.6. The van der Waals surface area contributed by atoms with Gasteiger partial charge in [-0.15, -0.1) is 0 Å². The average molecular weight is 377 g/mol. The number of halogens is 1. The number of carbonyl (C=O) groups is 1. The summed E-state index contributed by atoms with van der Waals surface area (Å²) < 4.78 is 22.7. The lowest BCUT2D eigenvalue weighted by Gasteiger charge is -2.11. The molecule has 5 nitrogen and oxygen atoms in total. The maximum atomic E-state index is 12.5. The Morgan fingerprint density at radius 1 is 1.12 bits per heavy atom. The molecule has 1 fully saturated rings. The summed E-state index contributed by atoms with van der Waals surface area (Å²) in [6.45, 7) is 0.585. The maximum absolute atomic E-state index is 12.5. The molecule has 0 radical (unpaired) electrons. The third kappa shape index (κ3) is 3.76. The zero-order valence-electron chi connectivity index (χ0n) is 13.5. The second-order valence-corrected chi connectivity index (χ2v) is 8.00. The van der Waals surface area contributed by atoms with Crippen LogP contribution in [0.2, 0.25) is 5.02 Å². The van der Waals surface area contributed by atoms with Gasteiger partial charge in [-0.25, -0.2) is 13.6 Å². The van der Waals surface area contributed by atoms with Crippen molar-refractivity contribution >= 4 is 33.6 Å². The van der Waals surface area contributed by atoms with E-state index in [0.29, 0.717) is 17.1 Å². The van der Waals surface area contributed by atoms with Crippen molar-refractivity contribution in [1.29, 1.82) is 0 Å². The van der Waals surface area contributed by atoms with E-state index in [4.69, 9.17) is 16.7 Å². The van der Waals surface area contributed by atoms with Gasteiger partial charge in [0.15, 0.2) is 0 Å². The van der Waals surface area contributed by atoms with E-state index in [2.05, 4.69) is 0 Å². The Morgan fingerprint density at radius 3 is 2.28 bits per heavy atom. The number of hydrogen-bond acceptors (Lipinski definition) is 3. The van der Waals surface area contributed by atoms with Crippen LogP contribution >= 0.6 is 11.6 Å². The van der Waals surface area contributed by atoms with Gasteiger partial charge in [0.25, 0.3) is 0 Å². The van der Waals surface area contributed by atoms with Crippen LogP contribution in [0.3, 0.4) is 0 Å². The number of rotatable bonds is 3. The second kappa shape index (κ2) is 6.63. The topological polar surface area (TPSA) is 80.5 Å². The lowest BCUT2D eigenvalue weighted by molar-refractivity contribution is -0.123. The van der Waals surface area contributed by atoms with Crippen molar-refractivity contribution in [2.24, 2.45) is 5.14 Å². The molecule has 2 N–H and O–H groups in total. The van der Waals surface area contributed by atoms with Crippen LogP contribution < -0.4 is 5.14 Å². The number of nitrogens with two attached hydrogens (primary N) is 1. The fourth-order valence-corrected chi connectivity index (χ4v) is 3.54. The molecule has 1 unspecified atom stereocenters. The third-order valence-electron chi connectivity index (χ3n) is 4.23. The summed E-state index contributed by atoms with van der Waals surface area (Å²) >= 11 is 5.94. The molecule has 130 valence electrons. The molecule has 1 atom stereocenters. The van der Waals surface area contributed by atoms with Crippen molar-refractivity contribution in [3.63, 3.8) is 0 Å². The summed E-state index contributed by atoms with van der Waals surface area (Å²) in [4.78, 5) is 14.2. The van der Waals surface area contributed by atoms with Crippen LogP contribution in [0, 0.1) is 0 Å².